The standard InChI is InChI=1S/C22H27ClFNO2/c1-25(2)14-18-12-19(27-15-16-6-4-3-5-7-16)10-11-22(18,26)17-8-9-21(24)20(23)13-17/h3-9,13,18-19,26H,10-12,14-15H2,1-2H3. The Hall–Kier alpha value is -1.46. The molecule has 1 saturated carbocycles. The molecule has 3 rings (SSSR count). The molecule has 2 aromatic rings. The Labute approximate surface area is 165 Å². The molecular weight excluding hydrogens is 365 g/mol. The van der Waals surface area contributed by atoms with Gasteiger partial charge in [0.1, 0.15) is 5.82 Å². The summed E-state index contributed by atoms with van der Waals surface area (Å²) in [6.07, 6.45) is 2.15. The van der Waals surface area contributed by atoms with Gasteiger partial charge in [-0.1, -0.05) is 48.0 Å². The third-order valence-corrected chi connectivity index (χ3v) is 5.69. The first-order valence-corrected chi connectivity index (χ1v) is 9.74. The number of rotatable bonds is 6. The van der Waals surface area contributed by atoms with Crippen LogP contribution in [-0.4, -0.2) is 36.8 Å². The number of hydrogen-bond acceptors (Lipinski definition) is 3. The molecule has 5 heteroatoms. The fourth-order valence-electron chi connectivity index (χ4n) is 3.97. The van der Waals surface area contributed by atoms with E-state index in [0.717, 1.165) is 24.9 Å². The van der Waals surface area contributed by atoms with Crippen LogP contribution < -0.4 is 0 Å². The highest BCUT2D eigenvalue weighted by atomic mass is 35.5. The highest BCUT2D eigenvalue weighted by Gasteiger charge is 2.44. The molecule has 0 amide bonds. The summed E-state index contributed by atoms with van der Waals surface area (Å²) in [7, 11) is 3.99. The molecule has 3 unspecified atom stereocenters. The van der Waals surface area contributed by atoms with Crippen LogP contribution in [-0.2, 0) is 16.9 Å². The first-order valence-electron chi connectivity index (χ1n) is 9.36. The lowest BCUT2D eigenvalue weighted by Gasteiger charge is -2.44. The van der Waals surface area contributed by atoms with Gasteiger partial charge in [-0.05, 0) is 56.6 Å². The van der Waals surface area contributed by atoms with Gasteiger partial charge in [-0.25, -0.2) is 4.39 Å². The van der Waals surface area contributed by atoms with E-state index in [4.69, 9.17) is 16.3 Å². The number of aliphatic hydroxyl groups is 1. The van der Waals surface area contributed by atoms with Crippen molar-refractivity contribution in [1.82, 2.24) is 4.90 Å². The molecule has 146 valence electrons. The molecule has 0 aliphatic heterocycles. The summed E-state index contributed by atoms with van der Waals surface area (Å²) in [5.74, 6) is -0.489. The zero-order chi connectivity index (χ0) is 19.4. The van der Waals surface area contributed by atoms with Crippen molar-refractivity contribution < 1.29 is 14.2 Å². The Kier molecular flexibility index (Phi) is 6.53. The second-order valence-electron chi connectivity index (χ2n) is 7.71. The lowest BCUT2D eigenvalue weighted by molar-refractivity contribution is -0.110. The van der Waals surface area contributed by atoms with Crippen molar-refractivity contribution in [2.75, 3.05) is 20.6 Å². The summed E-state index contributed by atoms with van der Waals surface area (Å²) in [4.78, 5) is 2.07. The predicted octanol–water partition coefficient (Wildman–Crippen LogP) is 4.61. The van der Waals surface area contributed by atoms with Gasteiger partial charge >= 0.3 is 0 Å². The van der Waals surface area contributed by atoms with Crippen molar-refractivity contribution in [3.8, 4) is 0 Å². The Balaban J connectivity index is 1.75. The quantitative estimate of drug-likeness (QED) is 0.780. The second-order valence-corrected chi connectivity index (χ2v) is 8.11. The number of hydrogen-bond donors (Lipinski definition) is 1. The van der Waals surface area contributed by atoms with Crippen molar-refractivity contribution in [1.29, 1.82) is 0 Å². The molecule has 1 N–H and O–H groups in total. The second kappa shape index (κ2) is 8.70. The van der Waals surface area contributed by atoms with E-state index in [-0.39, 0.29) is 17.0 Å². The van der Waals surface area contributed by atoms with Crippen LogP contribution in [0.25, 0.3) is 0 Å². The minimum atomic E-state index is -1.03. The summed E-state index contributed by atoms with van der Waals surface area (Å²) < 4.78 is 19.7. The van der Waals surface area contributed by atoms with E-state index < -0.39 is 11.4 Å². The van der Waals surface area contributed by atoms with Gasteiger partial charge in [-0.3, -0.25) is 0 Å². The number of halogens is 2. The van der Waals surface area contributed by atoms with Crippen LogP contribution in [0.4, 0.5) is 4.39 Å². The highest BCUT2D eigenvalue weighted by Crippen LogP contribution is 2.43. The Bertz CT molecular complexity index is 755. The van der Waals surface area contributed by atoms with Crippen LogP contribution in [0.3, 0.4) is 0 Å². The SMILES string of the molecule is CN(C)CC1CC(OCc2ccccc2)CCC1(O)c1ccc(F)c(Cl)c1. The molecule has 1 aliphatic carbocycles. The summed E-state index contributed by atoms with van der Waals surface area (Å²) in [6, 6.07) is 14.6. The monoisotopic (exact) mass is 391 g/mol. The van der Waals surface area contributed by atoms with E-state index in [1.54, 1.807) is 12.1 Å². The zero-order valence-electron chi connectivity index (χ0n) is 15.9. The van der Waals surface area contributed by atoms with E-state index in [0.29, 0.717) is 18.6 Å². The lowest BCUT2D eigenvalue weighted by Crippen LogP contribution is -2.46. The van der Waals surface area contributed by atoms with Crippen LogP contribution in [0.5, 0.6) is 0 Å². The molecule has 1 fully saturated rings. The van der Waals surface area contributed by atoms with Crippen molar-refractivity contribution >= 4 is 11.6 Å². The lowest BCUT2D eigenvalue weighted by atomic mass is 9.70. The fourth-order valence-corrected chi connectivity index (χ4v) is 4.15. The summed E-state index contributed by atoms with van der Waals surface area (Å²) in [5, 5.41) is 11.6. The summed E-state index contributed by atoms with van der Waals surface area (Å²) in [5.41, 5.74) is 0.795. The number of nitrogens with zero attached hydrogens (tertiary/aromatic N) is 1. The predicted molar refractivity (Wildman–Crippen MR) is 106 cm³/mol. The van der Waals surface area contributed by atoms with Crippen molar-refractivity contribution in [2.24, 2.45) is 5.92 Å². The normalized spacial score (nSPS) is 25.7. The summed E-state index contributed by atoms with van der Waals surface area (Å²) >= 11 is 5.97. The summed E-state index contributed by atoms with van der Waals surface area (Å²) in [6.45, 7) is 1.29. The van der Waals surface area contributed by atoms with Crippen molar-refractivity contribution in [2.45, 2.75) is 37.6 Å². The smallest absolute Gasteiger partial charge is 0.141 e. The largest absolute Gasteiger partial charge is 0.385 e. The zero-order valence-corrected chi connectivity index (χ0v) is 16.6. The molecule has 27 heavy (non-hydrogen) atoms. The molecule has 3 atom stereocenters. The maximum absolute atomic E-state index is 13.6. The third kappa shape index (κ3) is 4.88. The third-order valence-electron chi connectivity index (χ3n) is 5.40. The first kappa shape index (κ1) is 20.3. The van der Waals surface area contributed by atoms with Crippen LogP contribution in [0.1, 0.15) is 30.4 Å². The van der Waals surface area contributed by atoms with E-state index in [9.17, 15) is 9.50 Å². The maximum Gasteiger partial charge on any atom is 0.141 e. The van der Waals surface area contributed by atoms with Crippen LogP contribution in [0, 0.1) is 11.7 Å². The minimum Gasteiger partial charge on any atom is -0.385 e. The topological polar surface area (TPSA) is 32.7 Å². The van der Waals surface area contributed by atoms with E-state index in [2.05, 4.69) is 17.0 Å². The van der Waals surface area contributed by atoms with Gasteiger partial charge in [0.25, 0.3) is 0 Å². The maximum atomic E-state index is 13.6. The Morgan fingerprint density at radius 3 is 2.63 bits per heavy atom. The van der Waals surface area contributed by atoms with Crippen LogP contribution >= 0.6 is 11.6 Å². The molecule has 0 radical (unpaired) electrons. The molecule has 3 nitrogen and oxygen atoms in total. The van der Waals surface area contributed by atoms with Gasteiger partial charge in [-0.2, -0.15) is 0 Å². The van der Waals surface area contributed by atoms with Crippen LogP contribution in [0.15, 0.2) is 48.5 Å². The van der Waals surface area contributed by atoms with Crippen LogP contribution in [0.2, 0.25) is 5.02 Å². The van der Waals surface area contributed by atoms with Crippen molar-refractivity contribution in [3.63, 3.8) is 0 Å². The molecule has 2 aromatic carbocycles. The van der Waals surface area contributed by atoms with Gasteiger partial charge in [-0.15, -0.1) is 0 Å². The van der Waals surface area contributed by atoms with Gasteiger partial charge in [0.15, 0.2) is 0 Å². The van der Waals surface area contributed by atoms with E-state index >= 15 is 0 Å². The Morgan fingerprint density at radius 2 is 1.96 bits per heavy atom. The average molecular weight is 392 g/mol. The molecular formula is C22H27ClFNO2. The number of ether oxygens (including phenoxy) is 1. The van der Waals surface area contributed by atoms with Gasteiger partial charge in [0.05, 0.1) is 23.3 Å². The van der Waals surface area contributed by atoms with Gasteiger partial charge in [0, 0.05) is 12.5 Å². The molecule has 0 heterocycles. The molecule has 0 saturated heterocycles. The highest BCUT2D eigenvalue weighted by molar-refractivity contribution is 6.30. The molecule has 0 aromatic heterocycles. The van der Waals surface area contributed by atoms with Crippen molar-refractivity contribution in [3.05, 3.63) is 70.5 Å². The average Bonchev–Trinajstić information content (AvgIpc) is 2.65. The van der Waals surface area contributed by atoms with E-state index in [1.165, 1.54) is 6.07 Å². The molecule has 1 aliphatic rings. The van der Waals surface area contributed by atoms with Gasteiger partial charge < -0.3 is 14.7 Å². The molecule has 0 spiro atoms. The number of benzene rings is 2. The van der Waals surface area contributed by atoms with E-state index in [1.807, 2.05) is 32.3 Å². The Morgan fingerprint density at radius 1 is 1.22 bits per heavy atom. The van der Waals surface area contributed by atoms with Gasteiger partial charge in [0.2, 0.25) is 0 Å². The minimum absolute atomic E-state index is 0.0245. The fraction of sp³-hybridized carbons (Fsp3) is 0.455. The molecule has 0 bridgehead atoms. The first-order chi connectivity index (χ1) is 12.9.